The Morgan fingerprint density at radius 1 is 1.38 bits per heavy atom. The van der Waals surface area contributed by atoms with E-state index in [4.69, 9.17) is 4.74 Å². The van der Waals surface area contributed by atoms with Gasteiger partial charge in [-0.2, -0.15) is 0 Å². The van der Waals surface area contributed by atoms with Crippen LogP contribution in [0.1, 0.15) is 37.0 Å². The number of carbonyl (C=O) groups excluding carboxylic acids is 1. The van der Waals surface area contributed by atoms with Gasteiger partial charge >= 0.3 is 5.97 Å². The quantitative estimate of drug-likeness (QED) is 0.540. The number of aromatic hydroxyl groups is 1. The summed E-state index contributed by atoms with van der Waals surface area (Å²) in [5, 5.41) is 9.81. The first-order chi connectivity index (χ1) is 7.33. The van der Waals surface area contributed by atoms with Crippen LogP contribution in [-0.2, 0) is 10.2 Å². The number of phenolic OH excluding ortho intramolecular Hbond substituents is 1. The van der Waals surface area contributed by atoms with Crippen molar-refractivity contribution in [1.29, 1.82) is 0 Å². The Kier molecular flexibility index (Phi) is 2.22. The van der Waals surface area contributed by atoms with E-state index < -0.39 is 0 Å². The fourth-order valence-corrected chi connectivity index (χ4v) is 2.42. The van der Waals surface area contributed by atoms with Gasteiger partial charge in [-0.05, 0) is 31.0 Å². The van der Waals surface area contributed by atoms with Gasteiger partial charge in [0.05, 0.1) is 6.42 Å². The summed E-state index contributed by atoms with van der Waals surface area (Å²) < 4.78 is 5.28. The summed E-state index contributed by atoms with van der Waals surface area (Å²) in [7, 11) is 0. The number of ether oxygens (including phenoxy) is 1. The largest absolute Gasteiger partial charge is 0.508 e. The Labute approximate surface area is 95.0 Å². The van der Waals surface area contributed by atoms with Crippen molar-refractivity contribution >= 4 is 5.97 Å². The highest BCUT2D eigenvalue weighted by molar-refractivity contribution is 5.79. The third-order valence-corrected chi connectivity index (χ3v) is 3.18. The zero-order valence-corrected chi connectivity index (χ0v) is 10.0. The van der Waals surface area contributed by atoms with E-state index >= 15 is 0 Å². The van der Waals surface area contributed by atoms with Gasteiger partial charge in [-0.1, -0.05) is 13.8 Å². The summed E-state index contributed by atoms with van der Waals surface area (Å²) in [5.74, 6) is 0.685. The number of benzene rings is 1. The Bertz CT molecular complexity index is 473. The molecular formula is C13H16O3. The molecule has 3 heteroatoms. The van der Waals surface area contributed by atoms with Gasteiger partial charge in [0.2, 0.25) is 0 Å². The fourth-order valence-electron chi connectivity index (χ4n) is 2.42. The number of carbonyl (C=O) groups is 1. The second-order valence-electron chi connectivity index (χ2n) is 5.08. The van der Waals surface area contributed by atoms with Gasteiger partial charge in [-0.3, -0.25) is 4.79 Å². The number of fused-ring (bicyclic) bond motifs is 1. The van der Waals surface area contributed by atoms with Crippen molar-refractivity contribution in [3.8, 4) is 11.5 Å². The lowest BCUT2D eigenvalue weighted by atomic mass is 9.76. The molecule has 1 aliphatic rings. The lowest BCUT2D eigenvalue weighted by Gasteiger charge is -2.33. The van der Waals surface area contributed by atoms with E-state index in [0.29, 0.717) is 12.2 Å². The van der Waals surface area contributed by atoms with Crippen molar-refractivity contribution in [1.82, 2.24) is 0 Å². The minimum absolute atomic E-state index is 0.203. The number of aryl methyl sites for hydroxylation is 1. The number of phenols is 1. The third kappa shape index (κ3) is 1.47. The smallest absolute Gasteiger partial charge is 0.312 e. The highest BCUT2D eigenvalue weighted by atomic mass is 16.5. The van der Waals surface area contributed by atoms with Crippen LogP contribution in [0.4, 0.5) is 0 Å². The molecule has 3 nitrogen and oxygen atoms in total. The Hall–Kier alpha value is -1.51. The molecular weight excluding hydrogens is 204 g/mol. The fraction of sp³-hybridized carbons (Fsp3) is 0.462. The van der Waals surface area contributed by atoms with Crippen LogP contribution in [-0.4, -0.2) is 11.1 Å². The second kappa shape index (κ2) is 3.24. The minimum atomic E-state index is -0.280. The number of esters is 1. The summed E-state index contributed by atoms with van der Waals surface area (Å²) in [6, 6.07) is 1.64. The SMILES string of the molecule is Cc1cc(O)c(C)c2c1OC(=O)CC2(C)C. The average Bonchev–Trinajstić information content (AvgIpc) is 2.11. The summed E-state index contributed by atoms with van der Waals surface area (Å²) >= 11 is 0. The van der Waals surface area contributed by atoms with E-state index in [1.54, 1.807) is 6.07 Å². The normalized spacial score (nSPS) is 17.9. The van der Waals surface area contributed by atoms with Crippen LogP contribution in [0, 0.1) is 13.8 Å². The van der Waals surface area contributed by atoms with Crippen LogP contribution in [0.25, 0.3) is 0 Å². The summed E-state index contributed by atoms with van der Waals surface area (Å²) in [6.07, 6.45) is 0.351. The molecule has 0 spiro atoms. The zero-order chi connectivity index (χ0) is 12.1. The Morgan fingerprint density at radius 3 is 2.62 bits per heavy atom. The molecule has 0 unspecified atom stereocenters. The van der Waals surface area contributed by atoms with Crippen molar-refractivity contribution < 1.29 is 14.6 Å². The summed E-state index contributed by atoms with van der Waals surface area (Å²) in [5.41, 5.74) is 2.28. The molecule has 1 aliphatic heterocycles. The first-order valence-electron chi connectivity index (χ1n) is 5.37. The topological polar surface area (TPSA) is 46.5 Å². The van der Waals surface area contributed by atoms with Gasteiger partial charge in [0.25, 0.3) is 0 Å². The first kappa shape index (κ1) is 11.0. The van der Waals surface area contributed by atoms with Gasteiger partial charge in [0, 0.05) is 11.0 Å². The molecule has 0 bridgehead atoms. The van der Waals surface area contributed by atoms with E-state index in [2.05, 4.69) is 0 Å². The molecule has 0 atom stereocenters. The third-order valence-electron chi connectivity index (χ3n) is 3.18. The zero-order valence-electron chi connectivity index (χ0n) is 10.0. The Balaban J connectivity index is 2.77. The van der Waals surface area contributed by atoms with E-state index in [1.807, 2.05) is 27.7 Å². The highest BCUT2D eigenvalue weighted by Gasteiger charge is 2.36. The van der Waals surface area contributed by atoms with Gasteiger partial charge in [0.15, 0.2) is 0 Å². The molecule has 2 rings (SSSR count). The Morgan fingerprint density at radius 2 is 2.00 bits per heavy atom. The van der Waals surface area contributed by atoms with Gasteiger partial charge in [0.1, 0.15) is 11.5 Å². The van der Waals surface area contributed by atoms with Crippen LogP contribution in [0.2, 0.25) is 0 Å². The molecule has 0 amide bonds. The van der Waals surface area contributed by atoms with Crippen molar-refractivity contribution in [2.45, 2.75) is 39.5 Å². The predicted octanol–water partition coefficient (Wildman–Crippen LogP) is 2.60. The molecule has 0 aliphatic carbocycles. The van der Waals surface area contributed by atoms with Crippen LogP contribution in [0.15, 0.2) is 6.07 Å². The molecule has 1 aromatic rings. The molecule has 1 aromatic carbocycles. The first-order valence-corrected chi connectivity index (χ1v) is 5.37. The number of rotatable bonds is 0. The molecule has 1 N–H and O–H groups in total. The van der Waals surface area contributed by atoms with Gasteiger partial charge in [-0.15, -0.1) is 0 Å². The van der Waals surface area contributed by atoms with Gasteiger partial charge < -0.3 is 9.84 Å². The van der Waals surface area contributed by atoms with Crippen LogP contribution in [0.3, 0.4) is 0 Å². The average molecular weight is 220 g/mol. The second-order valence-corrected chi connectivity index (χ2v) is 5.08. The van der Waals surface area contributed by atoms with Gasteiger partial charge in [-0.25, -0.2) is 0 Å². The molecule has 0 fully saturated rings. The maximum Gasteiger partial charge on any atom is 0.312 e. The maximum absolute atomic E-state index is 11.5. The lowest BCUT2D eigenvalue weighted by Crippen LogP contribution is -2.32. The maximum atomic E-state index is 11.5. The van der Waals surface area contributed by atoms with Crippen LogP contribution in [0.5, 0.6) is 11.5 Å². The molecule has 86 valence electrons. The summed E-state index contributed by atoms with van der Waals surface area (Å²) in [6.45, 7) is 7.69. The summed E-state index contributed by atoms with van der Waals surface area (Å²) in [4.78, 5) is 11.5. The molecule has 0 aromatic heterocycles. The molecule has 1 heterocycles. The lowest BCUT2D eigenvalue weighted by molar-refractivity contribution is -0.137. The van der Waals surface area contributed by atoms with Crippen molar-refractivity contribution in [3.05, 3.63) is 22.8 Å². The van der Waals surface area contributed by atoms with Crippen molar-refractivity contribution in [2.75, 3.05) is 0 Å². The van der Waals surface area contributed by atoms with Crippen LogP contribution >= 0.6 is 0 Å². The van der Waals surface area contributed by atoms with Crippen molar-refractivity contribution in [2.24, 2.45) is 0 Å². The minimum Gasteiger partial charge on any atom is -0.508 e. The molecule has 0 saturated carbocycles. The predicted molar refractivity (Wildman–Crippen MR) is 60.9 cm³/mol. The molecule has 0 saturated heterocycles. The standard InChI is InChI=1S/C13H16O3/c1-7-5-9(14)8(2)11-12(7)16-10(15)6-13(11,3)4/h5,14H,6H2,1-4H3. The van der Waals surface area contributed by atoms with E-state index in [1.165, 1.54) is 0 Å². The number of hydrogen-bond acceptors (Lipinski definition) is 3. The van der Waals surface area contributed by atoms with E-state index in [-0.39, 0.29) is 17.1 Å². The molecule has 0 radical (unpaired) electrons. The van der Waals surface area contributed by atoms with Crippen LogP contribution < -0.4 is 4.74 Å². The van der Waals surface area contributed by atoms with Crippen molar-refractivity contribution in [3.63, 3.8) is 0 Å². The van der Waals surface area contributed by atoms with E-state index in [9.17, 15) is 9.90 Å². The van der Waals surface area contributed by atoms with E-state index in [0.717, 1.165) is 16.7 Å². The molecule has 16 heavy (non-hydrogen) atoms. The number of hydrogen-bond donors (Lipinski definition) is 1. The monoisotopic (exact) mass is 220 g/mol. The highest BCUT2D eigenvalue weighted by Crippen LogP contribution is 2.45.